The zero-order valence-corrected chi connectivity index (χ0v) is 73.7. The van der Waals surface area contributed by atoms with Crippen LogP contribution < -0.4 is 123 Å². The van der Waals surface area contributed by atoms with Crippen molar-refractivity contribution in [3.05, 3.63) is 106 Å². The summed E-state index contributed by atoms with van der Waals surface area (Å²) in [7, 11) is -36.8. The molecular weight excluding hydrogens is 1760 g/mol. The molecule has 113 heavy (non-hydrogen) atoms. The molecule has 0 saturated carbocycles. The Morgan fingerprint density at radius 2 is 0.575 bits per heavy atom. The number of benzene rings is 3. The SMILES string of the molecule is CS(=O)(=O)CCCS(=O)(=O)[O-].CS(=O)(=O)CCCS(=O)(=O)[O-].CS(=O)(=O)CCCS(=O)(=O)[O-].CS(=O)(=O)CCCS(=O)(=O)[O-].O=S([O-])CS(=O)(=O)CCO.O=S([O-])CS(=O)(=O)CCO.[CH3-].[CH3-].[Cu+2].[Li+].[Li+].[Li+].[Li+].[Li+].[Li+].c1ccc2c(c1)-c1nc-2nc2[n-]c(nc3nc(nc4[n-]c(n1)c1ccccc41)-c1cccnc1-3)c1ccccc21. The Labute approximate surface area is 745 Å². The van der Waals surface area contributed by atoms with Gasteiger partial charge in [-0.3, -0.25) is 13.4 Å². The predicted molar refractivity (Wildman–Crippen MR) is 390 cm³/mol. The molecule has 6 heterocycles. The van der Waals surface area contributed by atoms with Gasteiger partial charge in [-0.1, -0.05) is 72.8 Å². The molecule has 2 N–H and O–H groups in total. The molecule has 2 unspecified atom stereocenters. The fourth-order valence-electron chi connectivity index (χ4n) is 8.02. The topological polar surface area (TPSA) is 673 Å². The molecule has 2 aliphatic heterocycles. The first-order valence-corrected chi connectivity index (χ1v) is 49.4. The Hall–Kier alpha value is -2.25. The molecule has 3 aromatic carbocycles. The normalized spacial score (nSPS) is 12.1. The first-order valence-electron chi connectivity index (χ1n) is 28.7. The van der Waals surface area contributed by atoms with E-state index in [9.17, 15) is 120 Å². The van der Waals surface area contributed by atoms with Crippen LogP contribution in [0.4, 0.5) is 0 Å². The van der Waals surface area contributed by atoms with E-state index in [1.807, 2.05) is 84.9 Å². The van der Waals surface area contributed by atoms with Crippen LogP contribution in [0, 0.1) is 14.9 Å². The number of pyridine rings is 1. The Kier molecular flexibility index (Phi) is 60.2. The van der Waals surface area contributed by atoms with Crippen molar-refractivity contribution in [3.8, 4) is 45.7 Å². The number of nitrogens with zero attached hydrogens (tertiary/aromatic N) is 9. The summed E-state index contributed by atoms with van der Waals surface area (Å²) >= 11 is -5.17. The van der Waals surface area contributed by atoms with E-state index in [-0.39, 0.29) is 194 Å². The van der Waals surface area contributed by atoms with Crippen LogP contribution in [0.2, 0.25) is 0 Å². The van der Waals surface area contributed by atoms with Crippen LogP contribution in [0.5, 0.6) is 0 Å². The van der Waals surface area contributed by atoms with Crippen LogP contribution >= 0.6 is 0 Å². The van der Waals surface area contributed by atoms with Gasteiger partial charge in [0.25, 0.3) is 0 Å². The van der Waals surface area contributed by atoms with Crippen LogP contribution in [0.25, 0.3) is 89.8 Å². The largest absolute Gasteiger partial charge is 2.00 e. The van der Waals surface area contributed by atoms with E-state index in [1.54, 1.807) is 6.20 Å². The van der Waals surface area contributed by atoms with Gasteiger partial charge in [0.2, 0.25) is 0 Å². The fourth-order valence-corrected chi connectivity index (χ4v) is 17.3. The predicted octanol–water partition coefficient (Wildman–Crippen LogP) is -19.2. The van der Waals surface area contributed by atoms with Crippen LogP contribution in [-0.2, 0) is 139 Å². The van der Waals surface area contributed by atoms with E-state index in [0.717, 1.165) is 63.3 Å². The van der Waals surface area contributed by atoms with Crippen molar-refractivity contribution >= 4 is 166 Å². The maximum absolute atomic E-state index is 10.5. The molecule has 0 amide bonds. The fraction of sp³-hybridized carbons (Fsp3) is 0.400. The maximum atomic E-state index is 10.5. The second-order valence-electron chi connectivity index (χ2n) is 21.7. The minimum Gasteiger partial charge on any atom is -0.772 e. The standard InChI is InChI=1S/C31H15N9.4C4H10O5S2.2C3H8O5S2.2CH3.Cu.6Li/c1-2-9-17-16(8-1)24-33-25(17)35-27-20-12-5-6-13-21(20)29(37-27)39-31-23-22(14-7-15-32-23)30(40-31)38-28-19-11-4-3-10-18(19)26(34-24)36-28;4*1-10(5,6)3-2-4-11(7,8)9;2*4-1-2-10(7,8)3-9(5)6;;;;;;;;;/h1-15H;4*2-4H2,1H3,(H,7,8,9);2*4H,1-3H2,(H,5,6);2*1H3;;;;;;;/q-2;;;;;;;2*-1;+2;6*+1/p-6. The minimum atomic E-state index is -4.26. The summed E-state index contributed by atoms with van der Waals surface area (Å²) in [5.41, 5.74) is 5.30. The quantitative estimate of drug-likeness (QED) is 0.0245. The summed E-state index contributed by atoms with van der Waals surface area (Å²) in [5.74, 6) is -2.45. The van der Waals surface area contributed by atoms with Crippen LogP contribution in [0.1, 0.15) is 25.7 Å². The molecule has 4 aromatic heterocycles. The van der Waals surface area contributed by atoms with Gasteiger partial charge < -0.3 is 82.3 Å². The van der Waals surface area contributed by atoms with Crippen molar-refractivity contribution in [2.75, 3.05) is 106 Å². The van der Waals surface area contributed by atoms with Crippen molar-refractivity contribution < 1.29 is 260 Å². The number of hydrogen-bond donors (Lipinski definition) is 2. The van der Waals surface area contributed by atoms with Crippen LogP contribution in [0.3, 0.4) is 0 Å². The maximum Gasteiger partial charge on any atom is 2.00 e. The van der Waals surface area contributed by atoms with E-state index in [0.29, 0.717) is 51.6 Å². The third-order valence-corrected chi connectivity index (χ3v) is 25.5. The summed E-state index contributed by atoms with van der Waals surface area (Å²) in [6.45, 7) is -1.08. The first-order chi connectivity index (χ1) is 47.6. The van der Waals surface area contributed by atoms with Gasteiger partial charge in [-0.2, -0.15) is 0 Å². The number of aliphatic hydroxyl groups is 2. The molecule has 0 fully saturated rings. The van der Waals surface area contributed by atoms with Crippen molar-refractivity contribution in [1.82, 2.24) is 44.9 Å². The number of hydrogen-bond acceptors (Lipinski definition) is 37. The average molecular weight is 1830 g/mol. The monoisotopic (exact) mass is 1830 g/mol. The Morgan fingerprint density at radius 1 is 0.345 bits per heavy atom. The molecule has 1 radical (unpaired) electrons. The number of aromatic nitrogens is 9. The van der Waals surface area contributed by atoms with Crippen LogP contribution in [-0.4, -0.2) is 271 Å². The molecule has 9 rings (SSSR count). The van der Waals surface area contributed by atoms with Crippen molar-refractivity contribution in [2.45, 2.75) is 25.7 Å². The van der Waals surface area contributed by atoms with E-state index in [1.165, 1.54) is 0 Å². The van der Waals surface area contributed by atoms with Crippen molar-refractivity contribution in [3.63, 3.8) is 0 Å². The van der Waals surface area contributed by atoms with Crippen LogP contribution in [0.15, 0.2) is 91.1 Å². The minimum absolute atomic E-state index is 0. The average Bonchev–Trinajstić information content (AvgIpc) is 1.60. The molecule has 0 spiro atoms. The molecule has 2 aliphatic rings. The van der Waals surface area contributed by atoms with Gasteiger partial charge in [0, 0.05) is 93.5 Å². The molecule has 58 heteroatoms. The van der Waals surface area contributed by atoms with E-state index < -0.39 is 180 Å². The summed E-state index contributed by atoms with van der Waals surface area (Å²) in [4.78, 5) is 43.6. The van der Waals surface area contributed by atoms with Gasteiger partial charge >= 0.3 is 130 Å². The first kappa shape index (κ1) is 124. The van der Waals surface area contributed by atoms with E-state index >= 15 is 0 Å². The summed E-state index contributed by atoms with van der Waals surface area (Å²) < 4.78 is 284. The zero-order valence-electron chi connectivity index (χ0n) is 62.9. The smallest absolute Gasteiger partial charge is 0.772 e. The zero-order chi connectivity index (χ0) is 79.1. The van der Waals surface area contributed by atoms with Gasteiger partial charge in [-0.05, 0) is 81.5 Å². The number of rotatable bonds is 24. The summed E-state index contributed by atoms with van der Waals surface area (Å²) in [6, 6.07) is 27.5. The molecule has 2 atom stereocenters. The van der Waals surface area contributed by atoms with E-state index in [4.69, 9.17) is 50.1 Å². The van der Waals surface area contributed by atoms with E-state index in [2.05, 4.69) is 4.98 Å². The van der Waals surface area contributed by atoms with Gasteiger partial charge in [0.05, 0.1) is 106 Å². The Balaban J connectivity index is -0.000000260. The summed E-state index contributed by atoms with van der Waals surface area (Å²) in [6.07, 6.45) is 5.21. The second kappa shape index (κ2) is 54.9. The van der Waals surface area contributed by atoms with Gasteiger partial charge in [-0.25, -0.2) is 94.1 Å². The van der Waals surface area contributed by atoms with Crippen molar-refractivity contribution in [2.24, 2.45) is 0 Å². The number of fused-ring (bicyclic) bond motifs is 20. The number of aliphatic hydroxyl groups excluding tert-OH is 2. The molecule has 0 aliphatic carbocycles. The Bertz CT molecular complexity index is 4900. The molecular formula is C55H71CuLi6N9O30S12-2. The molecule has 8 bridgehead atoms. The molecule has 7 aromatic rings. The number of sulfone groups is 6. The van der Waals surface area contributed by atoms with Crippen molar-refractivity contribution in [1.29, 1.82) is 0 Å². The molecule has 0 saturated heterocycles. The third kappa shape index (κ3) is 52.5. The van der Waals surface area contributed by atoms with Gasteiger partial charge in [0.15, 0.2) is 19.7 Å². The molecule has 39 nitrogen and oxygen atoms in total. The van der Waals surface area contributed by atoms with Gasteiger partial charge in [-0.15, -0.1) is 0 Å². The van der Waals surface area contributed by atoms with Gasteiger partial charge in [0.1, 0.15) is 61.0 Å². The Morgan fingerprint density at radius 3 is 0.814 bits per heavy atom. The summed E-state index contributed by atoms with van der Waals surface area (Å²) in [5, 5.41) is 17.9. The molecule has 607 valence electrons. The second-order valence-corrected chi connectivity index (χ2v) is 43.7. The third-order valence-electron chi connectivity index (χ3n) is 12.2.